The summed E-state index contributed by atoms with van der Waals surface area (Å²) in [7, 11) is 3.02. The van der Waals surface area contributed by atoms with E-state index in [1.807, 2.05) is 20.8 Å². The molecule has 12 nitrogen and oxygen atoms in total. The standard InChI is InChI=1S/C38H53ClN4O8/c1-22(44)33(46)27(15-24-13-14-24)40-35(47)29-20-38(19-28(42-51-38)25-17-26(39)31(50-6)18-30(25)49-5)21-43(29)36(48)34(37(2,3)4)41-32(45)16-23-11-9-7-8-10-12-23/h17-18,23-24,27,29,34H,7-16,19-21H2,1-6H3,(H,40,47)(H,41,45)/t27-,29-,34+,38+/m0/s1. The van der Waals surface area contributed by atoms with E-state index in [2.05, 4.69) is 15.8 Å². The van der Waals surface area contributed by atoms with Gasteiger partial charge in [-0.1, -0.05) is 76.1 Å². The van der Waals surface area contributed by atoms with Gasteiger partial charge in [0.05, 0.1) is 37.5 Å². The first kappa shape index (κ1) is 38.6. The molecule has 1 saturated heterocycles. The van der Waals surface area contributed by atoms with E-state index >= 15 is 0 Å². The molecule has 0 bridgehead atoms. The minimum absolute atomic E-state index is 0.00213. The number of hydrogen-bond acceptors (Lipinski definition) is 9. The molecule has 4 atom stereocenters. The molecule has 2 heterocycles. The highest BCUT2D eigenvalue weighted by atomic mass is 35.5. The molecule has 13 heteroatoms. The van der Waals surface area contributed by atoms with Gasteiger partial charge in [-0.05, 0) is 42.6 Å². The van der Waals surface area contributed by atoms with Crippen molar-refractivity contribution in [2.45, 2.75) is 128 Å². The van der Waals surface area contributed by atoms with Crippen LogP contribution in [0.4, 0.5) is 0 Å². The molecule has 2 aliphatic heterocycles. The van der Waals surface area contributed by atoms with Gasteiger partial charge in [-0.3, -0.25) is 24.0 Å². The van der Waals surface area contributed by atoms with Gasteiger partial charge in [-0.2, -0.15) is 0 Å². The molecule has 0 aromatic heterocycles. The zero-order valence-electron chi connectivity index (χ0n) is 30.8. The van der Waals surface area contributed by atoms with Gasteiger partial charge in [0.2, 0.25) is 23.5 Å². The van der Waals surface area contributed by atoms with E-state index in [0.29, 0.717) is 40.6 Å². The van der Waals surface area contributed by atoms with Crippen LogP contribution in [0.15, 0.2) is 17.3 Å². The first-order valence-corrected chi connectivity index (χ1v) is 18.6. The fourth-order valence-electron chi connectivity index (χ4n) is 7.66. The Balaban J connectivity index is 1.42. The molecule has 2 saturated carbocycles. The van der Waals surface area contributed by atoms with Crippen LogP contribution in [-0.2, 0) is 28.8 Å². The van der Waals surface area contributed by atoms with Crippen LogP contribution in [0, 0.1) is 17.3 Å². The number of carbonyl (C=O) groups is 5. The van der Waals surface area contributed by atoms with Gasteiger partial charge in [0, 0.05) is 37.8 Å². The second-order valence-corrected chi connectivity index (χ2v) is 16.4. The number of Topliss-reactive ketones (excluding diaryl/α,β-unsaturated/α-hetero) is 2. The molecular formula is C38H53ClN4O8. The third kappa shape index (κ3) is 9.23. The molecule has 2 aliphatic carbocycles. The minimum Gasteiger partial charge on any atom is -0.496 e. The Hall–Kier alpha value is -3.67. The molecule has 3 fully saturated rings. The Morgan fingerprint density at radius 2 is 1.65 bits per heavy atom. The highest BCUT2D eigenvalue weighted by Crippen LogP contribution is 2.43. The average Bonchev–Trinajstić information content (AvgIpc) is 3.77. The number of oxime groups is 1. The van der Waals surface area contributed by atoms with Gasteiger partial charge < -0.3 is 29.8 Å². The maximum atomic E-state index is 14.7. The second kappa shape index (κ2) is 15.9. The van der Waals surface area contributed by atoms with E-state index in [1.54, 1.807) is 12.1 Å². The number of ether oxygens (including phenoxy) is 2. The number of likely N-dealkylation sites (tertiary alicyclic amines) is 1. The van der Waals surface area contributed by atoms with Crippen molar-refractivity contribution in [3.63, 3.8) is 0 Å². The summed E-state index contributed by atoms with van der Waals surface area (Å²) in [5, 5.41) is 10.6. The maximum absolute atomic E-state index is 14.7. The summed E-state index contributed by atoms with van der Waals surface area (Å²) in [6.07, 6.45) is 9.37. The van der Waals surface area contributed by atoms with Gasteiger partial charge in [0.25, 0.3) is 0 Å². The summed E-state index contributed by atoms with van der Waals surface area (Å²) >= 11 is 6.47. The molecule has 0 unspecified atom stereocenters. The zero-order valence-corrected chi connectivity index (χ0v) is 31.5. The molecular weight excluding hydrogens is 676 g/mol. The van der Waals surface area contributed by atoms with E-state index < -0.39 is 52.5 Å². The first-order valence-electron chi connectivity index (χ1n) is 18.3. The molecule has 4 aliphatic rings. The molecule has 2 N–H and O–H groups in total. The summed E-state index contributed by atoms with van der Waals surface area (Å²) < 4.78 is 11.0. The number of hydrogen-bond donors (Lipinski definition) is 2. The van der Waals surface area contributed by atoms with Crippen molar-refractivity contribution in [2.75, 3.05) is 20.8 Å². The fourth-order valence-corrected chi connectivity index (χ4v) is 7.90. The number of benzene rings is 1. The Morgan fingerprint density at radius 1 is 0.980 bits per heavy atom. The first-order chi connectivity index (χ1) is 24.1. The summed E-state index contributed by atoms with van der Waals surface area (Å²) in [6.45, 7) is 6.85. The van der Waals surface area contributed by atoms with Crippen LogP contribution < -0.4 is 20.1 Å². The number of nitrogens with zero attached hydrogens (tertiary/aromatic N) is 2. The van der Waals surface area contributed by atoms with E-state index in [9.17, 15) is 24.0 Å². The molecule has 0 radical (unpaired) electrons. The number of amides is 3. The van der Waals surface area contributed by atoms with Gasteiger partial charge in [0.15, 0.2) is 11.4 Å². The van der Waals surface area contributed by atoms with Gasteiger partial charge in [0.1, 0.15) is 23.6 Å². The van der Waals surface area contributed by atoms with E-state index in [-0.39, 0.29) is 37.1 Å². The molecule has 280 valence electrons. The van der Waals surface area contributed by atoms with E-state index in [0.717, 1.165) is 38.5 Å². The van der Waals surface area contributed by atoms with Gasteiger partial charge in [-0.15, -0.1) is 0 Å². The fraction of sp³-hybridized carbons (Fsp3) is 0.684. The SMILES string of the molecule is COc1cc(OC)c(C2=NO[C@]3(C2)C[C@@H](C(=O)N[C@@H](CC2CC2)C(=O)C(C)=O)N(C(=O)[C@@H](NC(=O)CC2CCCCCC2)C(C)(C)C)C3)cc1Cl. The average molecular weight is 729 g/mol. The molecule has 3 amide bonds. The number of nitrogens with one attached hydrogen (secondary N) is 2. The second-order valence-electron chi connectivity index (χ2n) is 16.0. The van der Waals surface area contributed by atoms with Crippen molar-refractivity contribution < 1.29 is 38.3 Å². The van der Waals surface area contributed by atoms with Crippen LogP contribution in [0.5, 0.6) is 11.5 Å². The topological polar surface area (TPSA) is 153 Å². The predicted molar refractivity (Wildman–Crippen MR) is 192 cm³/mol. The lowest BCUT2D eigenvalue weighted by atomic mass is 9.85. The molecule has 51 heavy (non-hydrogen) atoms. The number of methoxy groups -OCH3 is 2. The summed E-state index contributed by atoms with van der Waals surface area (Å²) in [5.74, 6) is -1.05. The molecule has 1 aromatic carbocycles. The van der Waals surface area contributed by atoms with Crippen molar-refractivity contribution in [1.82, 2.24) is 15.5 Å². The summed E-state index contributed by atoms with van der Waals surface area (Å²) in [6, 6.07) is 0.348. The Bertz CT molecular complexity index is 1540. The van der Waals surface area contributed by atoms with Crippen molar-refractivity contribution in [3.05, 3.63) is 22.7 Å². The molecule has 1 spiro atoms. The van der Waals surface area contributed by atoms with E-state index in [1.165, 1.54) is 38.9 Å². The molecule has 5 rings (SSSR count). The third-order valence-corrected chi connectivity index (χ3v) is 11.0. The zero-order chi connectivity index (χ0) is 37.1. The number of ketones is 2. The monoisotopic (exact) mass is 728 g/mol. The Morgan fingerprint density at radius 3 is 2.24 bits per heavy atom. The number of carbonyl (C=O) groups excluding carboxylic acids is 5. The van der Waals surface area contributed by atoms with Crippen molar-refractivity contribution in [3.8, 4) is 11.5 Å². The lowest BCUT2D eigenvalue weighted by Gasteiger charge is -2.36. The highest BCUT2D eigenvalue weighted by Gasteiger charge is 2.56. The highest BCUT2D eigenvalue weighted by molar-refractivity contribution is 6.38. The quantitative estimate of drug-likeness (QED) is 0.209. The van der Waals surface area contributed by atoms with Crippen molar-refractivity contribution in [1.29, 1.82) is 0 Å². The normalized spacial score (nSPS) is 23.5. The number of rotatable bonds is 13. The van der Waals surface area contributed by atoms with Gasteiger partial charge >= 0.3 is 0 Å². The maximum Gasteiger partial charge on any atom is 0.246 e. The predicted octanol–water partition coefficient (Wildman–Crippen LogP) is 5.16. The van der Waals surface area contributed by atoms with Crippen LogP contribution in [0.2, 0.25) is 5.02 Å². The summed E-state index contributed by atoms with van der Waals surface area (Å²) in [5.41, 5.74) is -0.682. The lowest BCUT2D eigenvalue weighted by molar-refractivity contribution is -0.145. The van der Waals surface area contributed by atoms with Crippen molar-refractivity contribution in [2.24, 2.45) is 22.4 Å². The Labute approximate surface area is 305 Å². The minimum atomic E-state index is -1.09. The molecule has 1 aromatic rings. The Kier molecular flexibility index (Phi) is 12.0. The van der Waals surface area contributed by atoms with E-state index in [4.69, 9.17) is 25.9 Å². The number of halogens is 1. The van der Waals surface area contributed by atoms with Gasteiger partial charge in [-0.25, -0.2) is 0 Å². The third-order valence-electron chi connectivity index (χ3n) is 10.7. The smallest absolute Gasteiger partial charge is 0.246 e. The van der Waals surface area contributed by atoms with Crippen LogP contribution >= 0.6 is 11.6 Å². The van der Waals surface area contributed by atoms with Crippen LogP contribution in [0.25, 0.3) is 0 Å². The summed E-state index contributed by atoms with van der Waals surface area (Å²) in [4.78, 5) is 75.0. The lowest BCUT2D eigenvalue weighted by Crippen LogP contribution is -2.59. The van der Waals surface area contributed by atoms with Crippen LogP contribution in [0.1, 0.15) is 110 Å². The van der Waals surface area contributed by atoms with Crippen LogP contribution in [-0.4, -0.2) is 84.4 Å². The largest absolute Gasteiger partial charge is 0.496 e. The van der Waals surface area contributed by atoms with Crippen LogP contribution in [0.3, 0.4) is 0 Å². The van der Waals surface area contributed by atoms with Crippen molar-refractivity contribution >= 4 is 46.6 Å².